The van der Waals surface area contributed by atoms with Gasteiger partial charge in [-0.05, 0) is 24.8 Å². The summed E-state index contributed by atoms with van der Waals surface area (Å²) in [5.74, 6) is -0.373. The lowest BCUT2D eigenvalue weighted by atomic mass is 9.87. The molecule has 0 N–H and O–H groups in total. The average Bonchev–Trinajstić information content (AvgIpc) is 2.48. The molecule has 0 spiro atoms. The van der Waals surface area contributed by atoms with Crippen LogP contribution in [0.4, 0.5) is 0 Å². The lowest BCUT2D eigenvalue weighted by Crippen LogP contribution is -2.23. The van der Waals surface area contributed by atoms with E-state index in [9.17, 15) is 14.4 Å². The van der Waals surface area contributed by atoms with E-state index in [1.54, 1.807) is 0 Å². The van der Waals surface area contributed by atoms with E-state index in [1.807, 2.05) is 44.2 Å². The van der Waals surface area contributed by atoms with E-state index in [1.165, 1.54) is 0 Å². The molecule has 0 aliphatic rings. The Hall–Kier alpha value is -1.77. The Labute approximate surface area is 133 Å². The Balaban J connectivity index is 2.74. The van der Waals surface area contributed by atoms with Gasteiger partial charge in [0.15, 0.2) is 0 Å². The standard InChI is InChI=1S/C19H26O3/c1-3-8-17(20)13-16(12-15-10-6-5-7-11-15)19(22)14-18(21)9-4-2/h5-7,10-11,16H,3-4,8-9,12-14H2,1-2H3. The summed E-state index contributed by atoms with van der Waals surface area (Å²) >= 11 is 0. The van der Waals surface area contributed by atoms with Crippen LogP contribution in [0.2, 0.25) is 0 Å². The van der Waals surface area contributed by atoms with Crippen molar-refractivity contribution >= 4 is 17.3 Å². The highest BCUT2D eigenvalue weighted by molar-refractivity contribution is 6.01. The van der Waals surface area contributed by atoms with Gasteiger partial charge in [-0.25, -0.2) is 0 Å². The van der Waals surface area contributed by atoms with Gasteiger partial charge in [0, 0.05) is 25.2 Å². The maximum Gasteiger partial charge on any atom is 0.144 e. The van der Waals surface area contributed by atoms with Gasteiger partial charge in [-0.3, -0.25) is 14.4 Å². The van der Waals surface area contributed by atoms with Crippen molar-refractivity contribution < 1.29 is 14.4 Å². The fourth-order valence-corrected chi connectivity index (χ4v) is 2.56. The molecular formula is C19H26O3. The van der Waals surface area contributed by atoms with E-state index in [-0.39, 0.29) is 36.1 Å². The molecule has 0 fully saturated rings. The molecule has 0 aliphatic heterocycles. The Bertz CT molecular complexity index is 491. The van der Waals surface area contributed by atoms with Gasteiger partial charge in [0.1, 0.15) is 17.3 Å². The van der Waals surface area contributed by atoms with Crippen LogP contribution in [0, 0.1) is 5.92 Å². The first-order chi connectivity index (χ1) is 10.6. The molecule has 0 saturated heterocycles. The van der Waals surface area contributed by atoms with Crippen LogP contribution in [0.3, 0.4) is 0 Å². The summed E-state index contributed by atoms with van der Waals surface area (Å²) in [4.78, 5) is 36.0. The molecule has 1 aromatic carbocycles. The molecule has 0 aromatic heterocycles. The molecule has 0 amide bonds. The zero-order chi connectivity index (χ0) is 16.4. The summed E-state index contributed by atoms with van der Waals surface area (Å²) in [5, 5.41) is 0. The van der Waals surface area contributed by atoms with Crippen LogP contribution in [0.25, 0.3) is 0 Å². The lowest BCUT2D eigenvalue weighted by Gasteiger charge is -2.15. The van der Waals surface area contributed by atoms with E-state index >= 15 is 0 Å². The Kier molecular flexibility index (Phi) is 8.34. The van der Waals surface area contributed by atoms with Crippen molar-refractivity contribution in [2.75, 3.05) is 0 Å². The van der Waals surface area contributed by atoms with Crippen LogP contribution in [0.15, 0.2) is 30.3 Å². The quantitative estimate of drug-likeness (QED) is 0.582. The minimum absolute atomic E-state index is 0.0199. The van der Waals surface area contributed by atoms with Gasteiger partial charge in [-0.15, -0.1) is 0 Å². The molecule has 0 bridgehead atoms. The SMILES string of the molecule is CCCC(=O)CC(=O)C(CC(=O)CCC)Cc1ccccc1. The second kappa shape index (κ2) is 10.0. The van der Waals surface area contributed by atoms with Gasteiger partial charge in [0.2, 0.25) is 0 Å². The van der Waals surface area contributed by atoms with E-state index in [0.29, 0.717) is 19.3 Å². The molecule has 0 aliphatic carbocycles. The molecule has 3 heteroatoms. The summed E-state index contributed by atoms with van der Waals surface area (Å²) in [6.45, 7) is 3.88. The summed E-state index contributed by atoms with van der Waals surface area (Å²) in [5.41, 5.74) is 1.04. The highest BCUT2D eigenvalue weighted by Gasteiger charge is 2.23. The number of Topliss-reactive ketones (excluding diaryl/α,β-unsaturated/α-hetero) is 3. The molecule has 1 aromatic rings. The first-order valence-corrected chi connectivity index (χ1v) is 8.16. The van der Waals surface area contributed by atoms with Crippen LogP contribution in [0.1, 0.15) is 57.9 Å². The molecule has 0 radical (unpaired) electrons. The van der Waals surface area contributed by atoms with Crippen molar-refractivity contribution in [3.63, 3.8) is 0 Å². The van der Waals surface area contributed by atoms with Crippen LogP contribution in [-0.2, 0) is 20.8 Å². The average molecular weight is 302 g/mol. The molecule has 1 atom stereocenters. The molecule has 0 saturated carbocycles. The Morgan fingerprint density at radius 2 is 1.50 bits per heavy atom. The Morgan fingerprint density at radius 1 is 0.909 bits per heavy atom. The normalized spacial score (nSPS) is 11.9. The highest BCUT2D eigenvalue weighted by atomic mass is 16.2. The van der Waals surface area contributed by atoms with Gasteiger partial charge in [-0.2, -0.15) is 0 Å². The lowest BCUT2D eigenvalue weighted by molar-refractivity contribution is -0.132. The van der Waals surface area contributed by atoms with E-state index in [2.05, 4.69) is 0 Å². The summed E-state index contributed by atoms with van der Waals surface area (Å²) in [7, 11) is 0. The fourth-order valence-electron chi connectivity index (χ4n) is 2.56. The predicted octanol–water partition coefficient (Wildman–Crippen LogP) is 3.93. The predicted molar refractivity (Wildman–Crippen MR) is 87.7 cm³/mol. The van der Waals surface area contributed by atoms with Crippen molar-refractivity contribution in [3.8, 4) is 0 Å². The molecular weight excluding hydrogens is 276 g/mol. The van der Waals surface area contributed by atoms with Crippen LogP contribution >= 0.6 is 0 Å². The fraction of sp³-hybridized carbons (Fsp3) is 0.526. The van der Waals surface area contributed by atoms with Crippen molar-refractivity contribution in [2.24, 2.45) is 5.92 Å². The molecule has 1 unspecified atom stereocenters. The molecule has 1 rings (SSSR count). The second-order valence-corrected chi connectivity index (χ2v) is 5.81. The molecule has 3 nitrogen and oxygen atoms in total. The zero-order valence-corrected chi connectivity index (χ0v) is 13.6. The van der Waals surface area contributed by atoms with Crippen molar-refractivity contribution in [1.82, 2.24) is 0 Å². The second-order valence-electron chi connectivity index (χ2n) is 5.81. The number of ketones is 3. The summed E-state index contributed by atoms with van der Waals surface area (Å²) in [6.07, 6.45) is 3.23. The van der Waals surface area contributed by atoms with Crippen molar-refractivity contribution in [2.45, 2.75) is 58.8 Å². The van der Waals surface area contributed by atoms with Gasteiger partial charge in [0.25, 0.3) is 0 Å². The topological polar surface area (TPSA) is 51.2 Å². The first-order valence-electron chi connectivity index (χ1n) is 8.16. The monoisotopic (exact) mass is 302 g/mol. The van der Waals surface area contributed by atoms with Gasteiger partial charge >= 0.3 is 0 Å². The van der Waals surface area contributed by atoms with Crippen LogP contribution in [-0.4, -0.2) is 17.3 Å². The first kappa shape index (κ1) is 18.3. The number of carbonyl (C=O) groups is 3. The number of hydrogen-bond acceptors (Lipinski definition) is 3. The molecule has 0 heterocycles. The summed E-state index contributed by atoms with van der Waals surface area (Å²) < 4.78 is 0. The van der Waals surface area contributed by atoms with E-state index < -0.39 is 0 Å². The minimum atomic E-state index is -0.373. The van der Waals surface area contributed by atoms with E-state index in [0.717, 1.165) is 18.4 Å². The molecule has 22 heavy (non-hydrogen) atoms. The number of rotatable bonds is 11. The number of hydrogen-bond donors (Lipinski definition) is 0. The highest BCUT2D eigenvalue weighted by Crippen LogP contribution is 2.17. The number of carbonyl (C=O) groups excluding carboxylic acids is 3. The third-order valence-electron chi connectivity index (χ3n) is 3.68. The van der Waals surface area contributed by atoms with Crippen molar-refractivity contribution in [3.05, 3.63) is 35.9 Å². The minimum Gasteiger partial charge on any atom is -0.300 e. The Morgan fingerprint density at radius 3 is 2.09 bits per heavy atom. The number of benzene rings is 1. The molecule has 120 valence electrons. The maximum atomic E-state index is 12.4. The van der Waals surface area contributed by atoms with Gasteiger partial charge < -0.3 is 0 Å². The maximum absolute atomic E-state index is 12.4. The third-order valence-corrected chi connectivity index (χ3v) is 3.68. The smallest absolute Gasteiger partial charge is 0.144 e. The van der Waals surface area contributed by atoms with Crippen molar-refractivity contribution in [1.29, 1.82) is 0 Å². The van der Waals surface area contributed by atoms with Crippen LogP contribution in [0.5, 0.6) is 0 Å². The van der Waals surface area contributed by atoms with E-state index in [4.69, 9.17) is 0 Å². The third kappa shape index (κ3) is 6.79. The summed E-state index contributed by atoms with van der Waals surface area (Å²) in [6, 6.07) is 9.68. The largest absolute Gasteiger partial charge is 0.300 e. The van der Waals surface area contributed by atoms with Gasteiger partial charge in [-0.1, -0.05) is 44.2 Å². The van der Waals surface area contributed by atoms with Gasteiger partial charge in [0.05, 0.1) is 6.42 Å². The van der Waals surface area contributed by atoms with Crippen LogP contribution < -0.4 is 0 Å². The zero-order valence-electron chi connectivity index (χ0n) is 13.6.